The predicted molar refractivity (Wildman–Crippen MR) is 81.8 cm³/mol. The molecule has 0 saturated carbocycles. The van der Waals surface area contributed by atoms with Crippen LogP contribution in [0.2, 0.25) is 5.02 Å². The Morgan fingerprint density at radius 3 is 2.70 bits per heavy atom. The van der Waals surface area contributed by atoms with E-state index < -0.39 is 0 Å². The average molecular weight is 302 g/mol. The Bertz CT molecular complexity index is 399. The van der Waals surface area contributed by atoms with Crippen LogP contribution in [-0.4, -0.2) is 32.0 Å². The first-order valence-electron chi connectivity index (χ1n) is 7.03. The van der Waals surface area contributed by atoms with E-state index in [1.165, 1.54) is 0 Å². The van der Waals surface area contributed by atoms with Crippen LogP contribution in [0.15, 0.2) is 12.1 Å². The van der Waals surface area contributed by atoms with E-state index in [0.29, 0.717) is 23.9 Å². The van der Waals surface area contributed by atoms with Gasteiger partial charge in [-0.15, -0.1) is 0 Å². The number of benzene rings is 1. The van der Waals surface area contributed by atoms with Gasteiger partial charge in [-0.25, -0.2) is 0 Å². The molecular formula is C15H24ClNO3. The minimum Gasteiger partial charge on any atom is -0.493 e. The molecule has 20 heavy (non-hydrogen) atoms. The number of methoxy groups -OCH3 is 1. The van der Waals surface area contributed by atoms with Crippen LogP contribution in [0.4, 0.5) is 0 Å². The molecule has 1 aromatic rings. The Morgan fingerprint density at radius 1 is 1.25 bits per heavy atom. The number of aliphatic hydroxyl groups is 1. The molecule has 0 aliphatic heterocycles. The highest BCUT2D eigenvalue weighted by Crippen LogP contribution is 2.34. The lowest BCUT2D eigenvalue weighted by atomic mass is 10.1. The maximum Gasteiger partial charge on any atom is 0.165 e. The van der Waals surface area contributed by atoms with Crippen molar-refractivity contribution < 1.29 is 14.6 Å². The van der Waals surface area contributed by atoms with Crippen molar-refractivity contribution in [2.24, 2.45) is 0 Å². The van der Waals surface area contributed by atoms with Crippen molar-refractivity contribution in [1.29, 1.82) is 0 Å². The maximum atomic E-state index is 8.75. The van der Waals surface area contributed by atoms with Gasteiger partial charge in [0.1, 0.15) is 0 Å². The minimum absolute atomic E-state index is 0.232. The Morgan fingerprint density at radius 2 is 2.05 bits per heavy atom. The van der Waals surface area contributed by atoms with Gasteiger partial charge < -0.3 is 19.9 Å². The van der Waals surface area contributed by atoms with Gasteiger partial charge in [-0.05, 0) is 31.9 Å². The Balaban J connectivity index is 2.73. The molecule has 1 rings (SSSR count). The molecule has 0 aliphatic rings. The lowest BCUT2D eigenvalue weighted by molar-refractivity contribution is 0.259. The molecule has 0 bridgehead atoms. The first-order valence-corrected chi connectivity index (χ1v) is 7.41. The second kappa shape index (κ2) is 9.86. The van der Waals surface area contributed by atoms with Crippen molar-refractivity contribution in [3.63, 3.8) is 0 Å². The maximum absolute atomic E-state index is 8.75. The summed E-state index contributed by atoms with van der Waals surface area (Å²) in [5.74, 6) is 1.41. The molecule has 114 valence electrons. The molecule has 0 radical (unpaired) electrons. The van der Waals surface area contributed by atoms with Gasteiger partial charge in [0, 0.05) is 29.8 Å². The van der Waals surface area contributed by atoms with Gasteiger partial charge in [-0.3, -0.25) is 0 Å². The summed E-state index contributed by atoms with van der Waals surface area (Å²) in [5.41, 5.74) is 0.998. The summed E-state index contributed by atoms with van der Waals surface area (Å²) in [5, 5.41) is 12.7. The number of hydrogen-bond donors (Lipinski definition) is 2. The van der Waals surface area contributed by atoms with Crippen molar-refractivity contribution in [2.45, 2.75) is 32.7 Å². The quantitative estimate of drug-likeness (QED) is 0.652. The van der Waals surface area contributed by atoms with E-state index in [2.05, 4.69) is 12.2 Å². The summed E-state index contributed by atoms with van der Waals surface area (Å²) < 4.78 is 11.2. The third kappa shape index (κ3) is 5.57. The topological polar surface area (TPSA) is 50.7 Å². The van der Waals surface area contributed by atoms with Gasteiger partial charge in [0.2, 0.25) is 0 Å². The van der Waals surface area contributed by atoms with Crippen LogP contribution in [0, 0.1) is 0 Å². The predicted octanol–water partition coefficient (Wildman–Crippen LogP) is 3.00. The van der Waals surface area contributed by atoms with E-state index in [1.54, 1.807) is 13.2 Å². The second-order valence-corrected chi connectivity index (χ2v) is 4.95. The molecule has 4 nitrogen and oxygen atoms in total. The molecule has 0 unspecified atom stereocenters. The van der Waals surface area contributed by atoms with E-state index >= 15 is 0 Å². The van der Waals surface area contributed by atoms with Gasteiger partial charge in [0.25, 0.3) is 0 Å². The molecule has 0 fully saturated rings. The number of halogens is 1. The monoisotopic (exact) mass is 301 g/mol. The van der Waals surface area contributed by atoms with E-state index in [4.69, 9.17) is 26.2 Å². The lowest BCUT2D eigenvalue weighted by Gasteiger charge is -2.16. The van der Waals surface area contributed by atoms with Crippen molar-refractivity contribution in [2.75, 3.05) is 26.9 Å². The van der Waals surface area contributed by atoms with Crippen LogP contribution in [0.3, 0.4) is 0 Å². The number of hydrogen-bond acceptors (Lipinski definition) is 4. The molecule has 2 N–H and O–H groups in total. The smallest absolute Gasteiger partial charge is 0.165 e. The summed E-state index contributed by atoms with van der Waals surface area (Å²) in [4.78, 5) is 0. The number of aliphatic hydroxyl groups excluding tert-OH is 1. The Labute approximate surface area is 126 Å². The lowest BCUT2D eigenvalue weighted by Crippen LogP contribution is -2.13. The fourth-order valence-electron chi connectivity index (χ4n) is 1.89. The van der Waals surface area contributed by atoms with E-state index in [9.17, 15) is 0 Å². The van der Waals surface area contributed by atoms with Crippen LogP contribution in [0.5, 0.6) is 11.5 Å². The minimum atomic E-state index is 0.232. The largest absolute Gasteiger partial charge is 0.493 e. The normalized spacial score (nSPS) is 10.6. The van der Waals surface area contributed by atoms with E-state index in [0.717, 1.165) is 37.1 Å². The molecule has 1 aromatic carbocycles. The standard InChI is InChI=1S/C15H24ClNO3/c1-3-17-11-12-9-13(16)10-14(19-2)15(12)20-8-6-4-5-7-18/h9-10,17-18H,3-8,11H2,1-2H3. The highest BCUT2D eigenvalue weighted by Gasteiger charge is 2.12. The van der Waals surface area contributed by atoms with Gasteiger partial charge >= 0.3 is 0 Å². The van der Waals surface area contributed by atoms with Crippen LogP contribution in [0.1, 0.15) is 31.7 Å². The summed E-state index contributed by atoms with van der Waals surface area (Å²) in [6, 6.07) is 3.66. The van der Waals surface area contributed by atoms with Crippen molar-refractivity contribution in [3.05, 3.63) is 22.7 Å². The molecule has 0 aliphatic carbocycles. The van der Waals surface area contributed by atoms with Crippen molar-refractivity contribution >= 4 is 11.6 Å². The number of nitrogens with one attached hydrogen (secondary N) is 1. The molecule has 0 spiro atoms. The number of rotatable bonds is 10. The molecule has 0 amide bonds. The highest BCUT2D eigenvalue weighted by atomic mass is 35.5. The molecule has 5 heteroatoms. The molecule has 0 saturated heterocycles. The number of unbranched alkanes of at least 4 members (excludes halogenated alkanes) is 2. The Hall–Kier alpha value is -0.970. The zero-order valence-electron chi connectivity index (χ0n) is 12.2. The summed E-state index contributed by atoms with van der Waals surface area (Å²) in [7, 11) is 1.61. The first-order chi connectivity index (χ1) is 9.72. The van der Waals surface area contributed by atoms with Crippen molar-refractivity contribution in [3.8, 4) is 11.5 Å². The van der Waals surface area contributed by atoms with Gasteiger partial charge in [-0.1, -0.05) is 18.5 Å². The summed E-state index contributed by atoms with van der Waals surface area (Å²) in [6.45, 7) is 4.47. The molecule has 0 heterocycles. The van der Waals surface area contributed by atoms with Crippen LogP contribution in [0.25, 0.3) is 0 Å². The van der Waals surface area contributed by atoms with Crippen LogP contribution >= 0.6 is 11.6 Å². The SMILES string of the molecule is CCNCc1cc(Cl)cc(OC)c1OCCCCCO. The fourth-order valence-corrected chi connectivity index (χ4v) is 2.12. The first kappa shape index (κ1) is 17.1. The van der Waals surface area contributed by atoms with Crippen LogP contribution in [-0.2, 0) is 6.54 Å². The van der Waals surface area contributed by atoms with Gasteiger partial charge in [0.15, 0.2) is 11.5 Å². The van der Waals surface area contributed by atoms with Gasteiger partial charge in [0.05, 0.1) is 13.7 Å². The zero-order chi connectivity index (χ0) is 14.8. The third-order valence-corrected chi connectivity index (χ3v) is 3.15. The molecular weight excluding hydrogens is 278 g/mol. The third-order valence-electron chi connectivity index (χ3n) is 2.93. The fraction of sp³-hybridized carbons (Fsp3) is 0.600. The van der Waals surface area contributed by atoms with Crippen molar-refractivity contribution in [1.82, 2.24) is 5.32 Å². The highest BCUT2D eigenvalue weighted by molar-refractivity contribution is 6.30. The zero-order valence-corrected chi connectivity index (χ0v) is 13.0. The number of ether oxygens (including phenoxy) is 2. The summed E-state index contributed by atoms with van der Waals surface area (Å²) >= 11 is 6.09. The molecule has 0 aromatic heterocycles. The average Bonchev–Trinajstić information content (AvgIpc) is 2.45. The van der Waals surface area contributed by atoms with E-state index in [-0.39, 0.29) is 6.61 Å². The molecule has 0 atom stereocenters. The summed E-state index contributed by atoms with van der Waals surface area (Å²) in [6.07, 6.45) is 2.67. The Kier molecular flexibility index (Phi) is 8.42. The van der Waals surface area contributed by atoms with Gasteiger partial charge in [-0.2, -0.15) is 0 Å². The van der Waals surface area contributed by atoms with Crippen LogP contribution < -0.4 is 14.8 Å². The van der Waals surface area contributed by atoms with E-state index in [1.807, 2.05) is 6.07 Å². The second-order valence-electron chi connectivity index (χ2n) is 4.51.